The Morgan fingerprint density at radius 2 is 1.66 bits per heavy atom. The molecule has 6 rings (SSSR count). The highest BCUT2D eigenvalue weighted by atomic mass is 19.1. The van der Waals surface area contributed by atoms with Crippen LogP contribution in [-0.2, 0) is 24.3 Å². The zero-order valence-electron chi connectivity index (χ0n) is 22.3. The van der Waals surface area contributed by atoms with Crippen LogP contribution in [0.15, 0.2) is 91.0 Å². The molecule has 1 fully saturated rings. The molecule has 206 valence electrons. The van der Waals surface area contributed by atoms with Gasteiger partial charge in [0, 0.05) is 31.1 Å². The second kappa shape index (κ2) is 11.0. The van der Waals surface area contributed by atoms with Crippen LogP contribution < -0.4 is 5.32 Å². The number of benzene rings is 4. The van der Waals surface area contributed by atoms with Crippen LogP contribution in [-0.4, -0.2) is 34.3 Å². The quantitative estimate of drug-likeness (QED) is 0.305. The number of nitrogens with one attached hydrogen (secondary N) is 1. The van der Waals surface area contributed by atoms with Gasteiger partial charge < -0.3 is 15.3 Å². The van der Waals surface area contributed by atoms with Crippen molar-refractivity contribution in [1.82, 2.24) is 10.2 Å². The number of hydrogen-bond donors (Lipinski definition) is 2. The molecule has 0 spiro atoms. The number of halogens is 1. The summed E-state index contributed by atoms with van der Waals surface area (Å²) in [7, 11) is 0. The van der Waals surface area contributed by atoms with Crippen LogP contribution in [0.5, 0.6) is 0 Å². The maximum atomic E-state index is 13.5. The molecule has 2 aliphatic rings. The molecule has 0 unspecified atom stereocenters. The monoisotopic (exact) mass is 548 g/mol. The number of carboxylic acids is 1. The van der Waals surface area contributed by atoms with Crippen molar-refractivity contribution in [3.8, 4) is 11.1 Å². The summed E-state index contributed by atoms with van der Waals surface area (Å²) >= 11 is 0. The van der Waals surface area contributed by atoms with Gasteiger partial charge in [0.15, 0.2) is 0 Å². The maximum Gasteiger partial charge on any atom is 0.335 e. The van der Waals surface area contributed by atoms with E-state index in [9.17, 15) is 23.9 Å². The smallest absolute Gasteiger partial charge is 0.335 e. The fraction of sp³-hybridized carbons (Fsp3) is 0.206. The third-order valence-electron chi connectivity index (χ3n) is 8.12. The highest BCUT2D eigenvalue weighted by Gasteiger charge is 2.43. The van der Waals surface area contributed by atoms with E-state index in [4.69, 9.17) is 0 Å². The zero-order chi connectivity index (χ0) is 28.5. The maximum absolute atomic E-state index is 13.5. The zero-order valence-corrected chi connectivity index (χ0v) is 22.3. The molecule has 2 amide bonds. The van der Waals surface area contributed by atoms with E-state index in [0.717, 1.165) is 34.2 Å². The fourth-order valence-electron chi connectivity index (χ4n) is 5.81. The van der Waals surface area contributed by atoms with Gasteiger partial charge in [-0.3, -0.25) is 9.59 Å². The molecule has 7 heteroatoms. The summed E-state index contributed by atoms with van der Waals surface area (Å²) < 4.78 is 13.5. The predicted molar refractivity (Wildman–Crippen MR) is 153 cm³/mol. The predicted octanol–water partition coefficient (Wildman–Crippen LogP) is 5.81. The summed E-state index contributed by atoms with van der Waals surface area (Å²) in [5, 5.41) is 12.6. The van der Waals surface area contributed by atoms with Gasteiger partial charge >= 0.3 is 5.97 Å². The molecule has 1 heterocycles. The van der Waals surface area contributed by atoms with Gasteiger partial charge in [0.1, 0.15) is 5.82 Å². The lowest BCUT2D eigenvalue weighted by Crippen LogP contribution is -2.37. The van der Waals surface area contributed by atoms with Crippen molar-refractivity contribution in [2.45, 2.75) is 31.8 Å². The average molecular weight is 549 g/mol. The van der Waals surface area contributed by atoms with E-state index in [1.54, 1.807) is 23.1 Å². The first-order chi connectivity index (χ1) is 19.9. The Bertz CT molecular complexity index is 1630. The van der Waals surface area contributed by atoms with Crippen LogP contribution in [0.25, 0.3) is 11.1 Å². The lowest BCUT2D eigenvalue weighted by Gasteiger charge is -2.32. The molecule has 41 heavy (non-hydrogen) atoms. The van der Waals surface area contributed by atoms with Crippen molar-refractivity contribution in [3.05, 3.63) is 130 Å². The Labute approximate surface area is 237 Å². The van der Waals surface area contributed by atoms with Gasteiger partial charge in [-0.1, -0.05) is 54.6 Å². The minimum Gasteiger partial charge on any atom is -0.478 e. The topological polar surface area (TPSA) is 86.7 Å². The molecular formula is C34H29FN2O4. The second-order valence-electron chi connectivity index (χ2n) is 10.7. The first-order valence-electron chi connectivity index (χ1n) is 13.7. The minimum atomic E-state index is -0.995. The molecule has 0 bridgehead atoms. The Balaban J connectivity index is 1.28. The summed E-state index contributed by atoms with van der Waals surface area (Å²) in [5.74, 6) is -1.39. The van der Waals surface area contributed by atoms with Crippen molar-refractivity contribution >= 4 is 17.8 Å². The largest absolute Gasteiger partial charge is 0.478 e. The van der Waals surface area contributed by atoms with Crippen molar-refractivity contribution in [1.29, 1.82) is 0 Å². The normalized spacial score (nSPS) is 17.4. The molecule has 0 aromatic heterocycles. The third kappa shape index (κ3) is 5.48. The van der Waals surface area contributed by atoms with E-state index in [1.807, 2.05) is 36.4 Å². The SMILES string of the molecule is O=C(O)c1cccc(-c2ccc(CNC(=O)[C@H]3C[C@@H]3c3ccccc3)c3c2CCN(C(=O)c2ccc(F)cc2)C3)c1. The molecule has 6 nitrogen and oxygen atoms in total. The first-order valence-corrected chi connectivity index (χ1v) is 13.7. The molecule has 4 aromatic rings. The van der Waals surface area contributed by atoms with Gasteiger partial charge in [0.05, 0.1) is 5.56 Å². The number of amides is 2. The molecule has 4 aromatic carbocycles. The van der Waals surface area contributed by atoms with Crippen molar-refractivity contribution in [2.24, 2.45) is 5.92 Å². The van der Waals surface area contributed by atoms with E-state index < -0.39 is 11.8 Å². The molecule has 2 atom stereocenters. The molecule has 1 aliphatic carbocycles. The van der Waals surface area contributed by atoms with Crippen LogP contribution in [0.3, 0.4) is 0 Å². The Morgan fingerprint density at radius 1 is 0.878 bits per heavy atom. The number of carbonyl (C=O) groups is 3. The van der Waals surface area contributed by atoms with Gasteiger partial charge in [-0.05, 0) is 88.5 Å². The molecule has 0 saturated heterocycles. The number of rotatable bonds is 7. The van der Waals surface area contributed by atoms with Crippen LogP contribution in [0.2, 0.25) is 0 Å². The van der Waals surface area contributed by atoms with E-state index >= 15 is 0 Å². The lowest BCUT2D eigenvalue weighted by molar-refractivity contribution is -0.122. The Hall–Kier alpha value is -4.78. The van der Waals surface area contributed by atoms with Crippen molar-refractivity contribution < 1.29 is 23.9 Å². The van der Waals surface area contributed by atoms with Gasteiger partial charge in [-0.25, -0.2) is 9.18 Å². The number of fused-ring (bicyclic) bond motifs is 1. The Morgan fingerprint density at radius 3 is 2.41 bits per heavy atom. The lowest BCUT2D eigenvalue weighted by atomic mass is 9.87. The van der Waals surface area contributed by atoms with Gasteiger partial charge in [0.25, 0.3) is 5.91 Å². The number of nitrogens with zero attached hydrogens (tertiary/aromatic N) is 1. The molecular weight excluding hydrogens is 519 g/mol. The van der Waals surface area contributed by atoms with E-state index in [2.05, 4.69) is 17.4 Å². The highest BCUT2D eigenvalue weighted by Crippen LogP contribution is 2.47. The van der Waals surface area contributed by atoms with Crippen LogP contribution in [0, 0.1) is 11.7 Å². The third-order valence-corrected chi connectivity index (χ3v) is 8.12. The van der Waals surface area contributed by atoms with Crippen molar-refractivity contribution in [2.75, 3.05) is 6.54 Å². The Kier molecular flexibility index (Phi) is 7.10. The molecule has 2 N–H and O–H groups in total. The first kappa shape index (κ1) is 26.4. The standard InChI is InChI=1S/C34H29FN2O4/c35-26-12-9-22(10-13-26)33(39)37-16-15-28-27(23-7-4-8-24(17-23)34(40)41)14-11-25(31(28)20-37)19-36-32(38)30-18-29(30)21-5-2-1-3-6-21/h1-14,17,29-30H,15-16,18-20H2,(H,36,38)(H,40,41)/t29-,30+/m1/s1. The second-order valence-corrected chi connectivity index (χ2v) is 10.7. The van der Waals surface area contributed by atoms with Gasteiger partial charge in [0.2, 0.25) is 5.91 Å². The molecule has 1 saturated carbocycles. The summed E-state index contributed by atoms with van der Waals surface area (Å²) in [6, 6.07) is 26.3. The summed E-state index contributed by atoms with van der Waals surface area (Å²) in [6.07, 6.45) is 1.39. The fourth-order valence-corrected chi connectivity index (χ4v) is 5.81. The van der Waals surface area contributed by atoms with E-state index in [-0.39, 0.29) is 29.2 Å². The van der Waals surface area contributed by atoms with Gasteiger partial charge in [-0.2, -0.15) is 0 Å². The number of aromatic carboxylic acids is 1. The summed E-state index contributed by atoms with van der Waals surface area (Å²) in [4.78, 5) is 39.7. The van der Waals surface area contributed by atoms with E-state index in [0.29, 0.717) is 31.6 Å². The summed E-state index contributed by atoms with van der Waals surface area (Å²) in [5.41, 5.74) is 6.39. The van der Waals surface area contributed by atoms with E-state index in [1.165, 1.54) is 29.8 Å². The number of carbonyl (C=O) groups excluding carboxylic acids is 2. The van der Waals surface area contributed by atoms with Crippen LogP contribution in [0.4, 0.5) is 4.39 Å². The van der Waals surface area contributed by atoms with Crippen molar-refractivity contribution in [3.63, 3.8) is 0 Å². The average Bonchev–Trinajstić information content (AvgIpc) is 3.81. The number of carboxylic acid groups (broad SMARTS) is 1. The van der Waals surface area contributed by atoms with Crippen LogP contribution >= 0.6 is 0 Å². The summed E-state index contributed by atoms with van der Waals surface area (Å²) in [6.45, 7) is 1.12. The van der Waals surface area contributed by atoms with Gasteiger partial charge in [-0.15, -0.1) is 0 Å². The van der Waals surface area contributed by atoms with Crippen LogP contribution in [0.1, 0.15) is 55.3 Å². The molecule has 0 radical (unpaired) electrons. The highest BCUT2D eigenvalue weighted by molar-refractivity contribution is 5.94. The number of hydrogen-bond acceptors (Lipinski definition) is 3. The minimum absolute atomic E-state index is 0.0147. The molecule has 1 aliphatic heterocycles.